The standard InChI is InChI=1S/C27H35N7O4S/c1-18-10-20(2-3-21(18)11-31-39(35,36)24-4-5-24)25-13-29-26(28)27(32-25)38-23-12-30-34(15-23)22-6-8-33(9-7-22)14-19-16-37-17-19/h2-3,10,12-13,15,19,22,24,31H,4-9,11,14,16-17H2,1H3,(H2,28,29). The van der Waals surface area contributed by atoms with Crippen LogP contribution in [0.15, 0.2) is 36.8 Å². The molecule has 4 heterocycles. The lowest BCUT2D eigenvalue weighted by atomic mass is 10.0. The van der Waals surface area contributed by atoms with Gasteiger partial charge in [0.1, 0.15) is 0 Å². The molecule has 0 radical (unpaired) electrons. The number of ether oxygens (including phenoxy) is 2. The third-order valence-corrected chi connectivity index (χ3v) is 9.68. The predicted octanol–water partition coefficient (Wildman–Crippen LogP) is 2.89. The van der Waals surface area contributed by atoms with Crippen LogP contribution in [0.1, 0.15) is 42.9 Å². The van der Waals surface area contributed by atoms with E-state index in [1.807, 2.05) is 36.0 Å². The van der Waals surface area contributed by atoms with Crippen LogP contribution in [0.5, 0.6) is 11.6 Å². The van der Waals surface area contributed by atoms with Crippen LogP contribution < -0.4 is 15.2 Å². The number of rotatable bonds is 10. The molecular weight excluding hydrogens is 518 g/mol. The van der Waals surface area contributed by atoms with Crippen LogP contribution in [-0.4, -0.2) is 71.2 Å². The van der Waals surface area contributed by atoms with Gasteiger partial charge in [0.05, 0.1) is 48.8 Å². The number of likely N-dealkylation sites (tertiary alicyclic amines) is 1. The van der Waals surface area contributed by atoms with Crippen molar-refractivity contribution in [3.8, 4) is 22.9 Å². The number of aromatic nitrogens is 4. The van der Waals surface area contributed by atoms with Crippen LogP contribution in [-0.2, 0) is 21.3 Å². The maximum Gasteiger partial charge on any atom is 0.263 e. The highest BCUT2D eigenvalue weighted by atomic mass is 32.2. The first-order valence-electron chi connectivity index (χ1n) is 13.6. The zero-order valence-corrected chi connectivity index (χ0v) is 22.9. The minimum Gasteiger partial charge on any atom is -0.433 e. The molecule has 39 heavy (non-hydrogen) atoms. The lowest BCUT2D eigenvalue weighted by molar-refractivity contribution is -0.0495. The summed E-state index contributed by atoms with van der Waals surface area (Å²) in [6, 6.07) is 6.11. The van der Waals surface area contributed by atoms with Crippen LogP contribution in [0.25, 0.3) is 11.3 Å². The highest BCUT2D eigenvalue weighted by molar-refractivity contribution is 7.90. The molecule has 11 nitrogen and oxygen atoms in total. The lowest BCUT2D eigenvalue weighted by Crippen LogP contribution is -2.43. The van der Waals surface area contributed by atoms with Crippen LogP contribution in [0.4, 0.5) is 5.82 Å². The summed E-state index contributed by atoms with van der Waals surface area (Å²) in [6.07, 6.45) is 8.77. The van der Waals surface area contributed by atoms with Crippen molar-refractivity contribution < 1.29 is 17.9 Å². The molecule has 3 aromatic rings. The molecule has 0 amide bonds. The Kier molecular flexibility index (Phi) is 7.27. The molecule has 12 heteroatoms. The second-order valence-electron chi connectivity index (χ2n) is 10.8. The Morgan fingerprint density at radius 1 is 1.15 bits per heavy atom. The molecule has 6 rings (SSSR count). The summed E-state index contributed by atoms with van der Waals surface area (Å²) in [5, 5.41) is 4.31. The first-order chi connectivity index (χ1) is 18.8. The zero-order chi connectivity index (χ0) is 27.0. The fraction of sp³-hybridized carbons (Fsp3) is 0.519. The summed E-state index contributed by atoms with van der Waals surface area (Å²) in [6.45, 7) is 7.24. The average Bonchev–Trinajstić information content (AvgIpc) is 3.67. The molecule has 2 aromatic heterocycles. The van der Waals surface area contributed by atoms with Crippen LogP contribution in [0, 0.1) is 12.8 Å². The first-order valence-corrected chi connectivity index (χ1v) is 15.1. The average molecular weight is 554 g/mol. The highest BCUT2D eigenvalue weighted by Gasteiger charge is 2.35. The molecule has 208 valence electrons. The molecule has 3 fully saturated rings. The summed E-state index contributed by atoms with van der Waals surface area (Å²) < 4.78 is 40.3. The van der Waals surface area contributed by atoms with E-state index in [9.17, 15) is 8.42 Å². The SMILES string of the molecule is Cc1cc(-c2cnc(N)c(Oc3cnn(C4CCN(CC5COC5)CC4)c3)n2)ccc1CNS(=O)(=O)C1CC1. The Labute approximate surface area is 228 Å². The van der Waals surface area contributed by atoms with E-state index in [1.165, 1.54) is 0 Å². The second-order valence-corrected chi connectivity index (χ2v) is 12.9. The van der Waals surface area contributed by atoms with Gasteiger partial charge in [0.2, 0.25) is 10.0 Å². The van der Waals surface area contributed by atoms with Gasteiger partial charge < -0.3 is 20.1 Å². The number of nitrogens with one attached hydrogen (secondary N) is 1. The minimum atomic E-state index is -3.23. The molecule has 2 aliphatic heterocycles. The van der Waals surface area contributed by atoms with Crippen molar-refractivity contribution in [1.82, 2.24) is 29.4 Å². The van der Waals surface area contributed by atoms with Crippen LogP contribution in [0.2, 0.25) is 0 Å². The van der Waals surface area contributed by atoms with Gasteiger partial charge in [-0.25, -0.2) is 23.1 Å². The molecule has 2 saturated heterocycles. The molecule has 0 unspecified atom stereocenters. The zero-order valence-electron chi connectivity index (χ0n) is 22.1. The number of nitrogen functional groups attached to an aromatic ring is 1. The third-order valence-electron chi connectivity index (χ3n) is 7.78. The van der Waals surface area contributed by atoms with Crippen molar-refractivity contribution in [2.75, 3.05) is 38.6 Å². The Morgan fingerprint density at radius 3 is 2.64 bits per heavy atom. The molecule has 3 N–H and O–H groups in total. The minimum absolute atomic E-state index is 0.197. The van der Waals surface area contributed by atoms with Crippen molar-refractivity contribution in [3.05, 3.63) is 47.9 Å². The number of benzene rings is 1. The maximum absolute atomic E-state index is 12.2. The van der Waals surface area contributed by atoms with Crippen LogP contribution in [0.3, 0.4) is 0 Å². The number of nitrogens with two attached hydrogens (primary N) is 1. The normalized spacial score (nSPS) is 19.2. The molecule has 1 aliphatic carbocycles. The molecule has 1 saturated carbocycles. The number of piperidine rings is 1. The van der Waals surface area contributed by atoms with Gasteiger partial charge >= 0.3 is 0 Å². The Bertz CT molecular complexity index is 1430. The quantitative estimate of drug-likeness (QED) is 0.388. The van der Waals surface area contributed by atoms with E-state index in [0.29, 0.717) is 23.4 Å². The van der Waals surface area contributed by atoms with E-state index >= 15 is 0 Å². The largest absolute Gasteiger partial charge is 0.433 e. The fourth-order valence-electron chi connectivity index (χ4n) is 5.13. The van der Waals surface area contributed by atoms with Gasteiger partial charge in [-0.2, -0.15) is 5.10 Å². The summed E-state index contributed by atoms with van der Waals surface area (Å²) in [7, 11) is -3.23. The van der Waals surface area contributed by atoms with E-state index in [1.54, 1.807) is 12.4 Å². The van der Waals surface area contributed by atoms with Crippen molar-refractivity contribution >= 4 is 15.8 Å². The molecule has 0 spiro atoms. The molecule has 1 aromatic carbocycles. The van der Waals surface area contributed by atoms with E-state index in [0.717, 1.165) is 75.2 Å². The third kappa shape index (κ3) is 6.08. The highest BCUT2D eigenvalue weighted by Crippen LogP contribution is 2.31. The van der Waals surface area contributed by atoms with Gasteiger partial charge in [-0.1, -0.05) is 12.1 Å². The number of anilines is 1. The summed E-state index contributed by atoms with van der Waals surface area (Å²) in [4.78, 5) is 11.4. The summed E-state index contributed by atoms with van der Waals surface area (Å²) in [5.41, 5.74) is 9.43. The molecule has 0 atom stereocenters. The number of sulfonamides is 1. The second kappa shape index (κ2) is 10.8. The number of aryl methyl sites for hydroxylation is 1. The van der Waals surface area contributed by atoms with E-state index < -0.39 is 10.0 Å². The van der Waals surface area contributed by atoms with Gasteiger partial charge in [-0.15, -0.1) is 0 Å². The van der Waals surface area contributed by atoms with E-state index in [4.69, 9.17) is 15.2 Å². The Balaban J connectivity index is 1.09. The first kappa shape index (κ1) is 26.2. The van der Waals surface area contributed by atoms with Gasteiger partial charge in [0, 0.05) is 37.7 Å². The number of hydrogen-bond donors (Lipinski definition) is 2. The van der Waals surface area contributed by atoms with Crippen molar-refractivity contribution in [3.63, 3.8) is 0 Å². The topological polar surface area (TPSA) is 137 Å². The van der Waals surface area contributed by atoms with Gasteiger partial charge in [0.25, 0.3) is 5.88 Å². The summed E-state index contributed by atoms with van der Waals surface area (Å²) >= 11 is 0. The molecule has 0 bridgehead atoms. The fourth-order valence-corrected chi connectivity index (χ4v) is 6.48. The van der Waals surface area contributed by atoms with Crippen LogP contribution >= 0.6 is 0 Å². The van der Waals surface area contributed by atoms with Gasteiger partial charge in [-0.05, 0) is 49.8 Å². The summed E-state index contributed by atoms with van der Waals surface area (Å²) in [5.74, 6) is 1.67. The van der Waals surface area contributed by atoms with Crippen molar-refractivity contribution in [2.45, 2.75) is 50.4 Å². The Morgan fingerprint density at radius 2 is 1.95 bits per heavy atom. The Hall–Kier alpha value is -3.06. The van der Waals surface area contributed by atoms with Gasteiger partial charge in [-0.3, -0.25) is 4.68 Å². The molecule has 3 aliphatic rings. The van der Waals surface area contributed by atoms with E-state index in [2.05, 4.69) is 24.7 Å². The smallest absolute Gasteiger partial charge is 0.263 e. The van der Waals surface area contributed by atoms with E-state index in [-0.39, 0.29) is 23.5 Å². The number of hydrogen-bond acceptors (Lipinski definition) is 9. The lowest BCUT2D eigenvalue weighted by Gasteiger charge is -2.36. The predicted molar refractivity (Wildman–Crippen MR) is 147 cm³/mol. The number of nitrogens with zero attached hydrogens (tertiary/aromatic N) is 5. The monoisotopic (exact) mass is 553 g/mol. The van der Waals surface area contributed by atoms with Crippen molar-refractivity contribution in [2.24, 2.45) is 5.92 Å². The van der Waals surface area contributed by atoms with Crippen molar-refractivity contribution in [1.29, 1.82) is 0 Å². The molecular formula is C27H35N7O4S. The van der Waals surface area contributed by atoms with Gasteiger partial charge in [0.15, 0.2) is 11.6 Å². The maximum atomic E-state index is 12.2.